The van der Waals surface area contributed by atoms with Crippen molar-refractivity contribution in [2.45, 2.75) is 19.3 Å². The summed E-state index contributed by atoms with van der Waals surface area (Å²) < 4.78 is 10.4. The molecule has 0 aliphatic heterocycles. The number of hydrogen-bond acceptors (Lipinski definition) is 5. The Morgan fingerprint density at radius 2 is 2.12 bits per heavy atom. The van der Waals surface area contributed by atoms with E-state index in [1.807, 2.05) is 6.07 Å². The van der Waals surface area contributed by atoms with E-state index in [-0.39, 0.29) is 5.91 Å². The van der Waals surface area contributed by atoms with Gasteiger partial charge in [0.25, 0.3) is 5.91 Å². The number of ether oxygens (including phenoxy) is 2. The summed E-state index contributed by atoms with van der Waals surface area (Å²) in [6.07, 6.45) is 4.83. The van der Waals surface area contributed by atoms with Crippen LogP contribution in [0, 0.1) is 0 Å². The van der Waals surface area contributed by atoms with Gasteiger partial charge in [-0.2, -0.15) is 5.10 Å². The molecule has 0 fully saturated rings. The predicted octanol–water partition coefficient (Wildman–Crippen LogP) is 3.67. The van der Waals surface area contributed by atoms with E-state index in [0.717, 1.165) is 12.8 Å². The Labute approximate surface area is 149 Å². The standard InChI is InChI=1S/C17H17ClN2O3S/c1-22-13-7-10(6-12(18)16(13)23-2)9-19-20-17(21)15-8-11-4-3-5-14(11)24-15/h6-9H,3-5H2,1-2H3,(H,20,21)/b19-9-. The van der Waals surface area contributed by atoms with Crippen LogP contribution in [0.1, 0.15) is 32.1 Å². The SMILES string of the molecule is COc1cc(/C=N\NC(=O)c2cc3c(s2)CCC3)cc(Cl)c1OC. The number of rotatable bonds is 5. The molecule has 5 nitrogen and oxygen atoms in total. The van der Waals surface area contributed by atoms with Gasteiger partial charge in [-0.25, -0.2) is 5.43 Å². The molecule has 24 heavy (non-hydrogen) atoms. The number of halogens is 1. The first kappa shape index (κ1) is 16.8. The summed E-state index contributed by atoms with van der Waals surface area (Å²) in [6.45, 7) is 0. The fourth-order valence-electron chi connectivity index (χ4n) is 2.67. The van der Waals surface area contributed by atoms with Crippen molar-refractivity contribution in [1.82, 2.24) is 5.43 Å². The van der Waals surface area contributed by atoms with Crippen molar-refractivity contribution in [3.63, 3.8) is 0 Å². The van der Waals surface area contributed by atoms with E-state index >= 15 is 0 Å². The van der Waals surface area contributed by atoms with Crippen LogP contribution in [0.3, 0.4) is 0 Å². The second-order valence-corrected chi connectivity index (χ2v) is 6.89. The van der Waals surface area contributed by atoms with Crippen LogP contribution in [-0.2, 0) is 12.8 Å². The average molecular weight is 365 g/mol. The van der Waals surface area contributed by atoms with Crippen molar-refractivity contribution in [1.29, 1.82) is 0 Å². The Balaban J connectivity index is 1.69. The Hall–Kier alpha value is -2.05. The van der Waals surface area contributed by atoms with Gasteiger partial charge in [-0.3, -0.25) is 4.79 Å². The molecule has 1 aromatic carbocycles. The fourth-order valence-corrected chi connectivity index (χ4v) is 4.11. The molecule has 7 heteroatoms. The van der Waals surface area contributed by atoms with Crippen LogP contribution in [-0.4, -0.2) is 26.3 Å². The molecular weight excluding hydrogens is 348 g/mol. The van der Waals surface area contributed by atoms with Crippen molar-refractivity contribution in [3.05, 3.63) is 44.1 Å². The van der Waals surface area contributed by atoms with Crippen molar-refractivity contribution in [2.24, 2.45) is 5.10 Å². The minimum Gasteiger partial charge on any atom is -0.493 e. The van der Waals surface area contributed by atoms with Gasteiger partial charge in [-0.15, -0.1) is 11.3 Å². The first-order valence-corrected chi connectivity index (χ1v) is 8.68. The van der Waals surface area contributed by atoms with Crippen LogP contribution in [0.2, 0.25) is 5.02 Å². The third kappa shape index (κ3) is 3.39. The molecule has 1 N–H and O–H groups in total. The number of nitrogens with one attached hydrogen (secondary N) is 1. The number of fused-ring (bicyclic) bond motifs is 1. The monoisotopic (exact) mass is 364 g/mol. The number of amides is 1. The largest absolute Gasteiger partial charge is 0.493 e. The van der Waals surface area contributed by atoms with Crippen LogP contribution in [0.25, 0.3) is 0 Å². The molecule has 0 saturated carbocycles. The Bertz CT molecular complexity index is 780. The van der Waals surface area contributed by atoms with Gasteiger partial charge in [0.15, 0.2) is 11.5 Å². The fraction of sp³-hybridized carbons (Fsp3) is 0.294. The molecule has 0 bridgehead atoms. The second-order valence-electron chi connectivity index (χ2n) is 5.35. The molecule has 0 saturated heterocycles. The van der Waals surface area contributed by atoms with Crippen LogP contribution in [0.5, 0.6) is 11.5 Å². The summed E-state index contributed by atoms with van der Waals surface area (Å²) in [4.78, 5) is 14.2. The highest BCUT2D eigenvalue weighted by atomic mass is 35.5. The van der Waals surface area contributed by atoms with Crippen molar-refractivity contribution < 1.29 is 14.3 Å². The Morgan fingerprint density at radius 1 is 1.29 bits per heavy atom. The number of carbonyl (C=O) groups is 1. The van der Waals surface area contributed by atoms with Gasteiger partial charge in [0.2, 0.25) is 0 Å². The quantitative estimate of drug-likeness (QED) is 0.650. The maximum absolute atomic E-state index is 12.1. The van der Waals surface area contributed by atoms with Crippen LogP contribution < -0.4 is 14.9 Å². The molecule has 1 aromatic heterocycles. The molecule has 0 unspecified atom stereocenters. The van der Waals surface area contributed by atoms with Gasteiger partial charge >= 0.3 is 0 Å². The first-order valence-electron chi connectivity index (χ1n) is 7.49. The van der Waals surface area contributed by atoms with E-state index in [1.54, 1.807) is 23.5 Å². The molecule has 1 aliphatic carbocycles. The van der Waals surface area contributed by atoms with Crippen LogP contribution in [0.4, 0.5) is 0 Å². The highest BCUT2D eigenvalue weighted by Gasteiger charge is 2.18. The zero-order valence-corrected chi connectivity index (χ0v) is 15.0. The molecule has 0 spiro atoms. The van der Waals surface area contributed by atoms with E-state index in [9.17, 15) is 4.79 Å². The molecule has 126 valence electrons. The van der Waals surface area contributed by atoms with Crippen molar-refractivity contribution in [3.8, 4) is 11.5 Å². The van der Waals surface area contributed by atoms with Gasteiger partial charge < -0.3 is 9.47 Å². The number of hydrogen-bond donors (Lipinski definition) is 1. The maximum Gasteiger partial charge on any atom is 0.281 e. The minimum absolute atomic E-state index is 0.197. The molecule has 1 amide bonds. The lowest BCUT2D eigenvalue weighted by atomic mass is 10.2. The number of nitrogens with zero attached hydrogens (tertiary/aromatic N) is 1. The topological polar surface area (TPSA) is 59.9 Å². The van der Waals surface area contributed by atoms with E-state index in [0.29, 0.717) is 27.0 Å². The summed E-state index contributed by atoms with van der Waals surface area (Å²) in [5.41, 5.74) is 4.54. The van der Waals surface area contributed by atoms with Crippen LogP contribution >= 0.6 is 22.9 Å². The van der Waals surface area contributed by atoms with E-state index < -0.39 is 0 Å². The summed E-state index contributed by atoms with van der Waals surface area (Å²) in [7, 11) is 3.06. The van der Waals surface area contributed by atoms with Crippen molar-refractivity contribution >= 4 is 35.1 Å². The van der Waals surface area contributed by atoms with E-state index in [1.165, 1.54) is 37.3 Å². The molecule has 0 radical (unpaired) electrons. The lowest BCUT2D eigenvalue weighted by molar-refractivity contribution is 0.0959. The Morgan fingerprint density at radius 3 is 2.83 bits per heavy atom. The molecule has 0 atom stereocenters. The highest BCUT2D eigenvalue weighted by Crippen LogP contribution is 2.35. The van der Waals surface area contributed by atoms with Crippen LogP contribution in [0.15, 0.2) is 23.3 Å². The molecule has 2 aromatic rings. The lowest BCUT2D eigenvalue weighted by Gasteiger charge is -2.09. The van der Waals surface area contributed by atoms with E-state index in [2.05, 4.69) is 10.5 Å². The molecule has 1 aliphatic rings. The zero-order valence-electron chi connectivity index (χ0n) is 13.4. The molecule has 3 rings (SSSR count). The maximum atomic E-state index is 12.1. The van der Waals surface area contributed by atoms with Gasteiger partial charge in [0.05, 0.1) is 30.3 Å². The first-order chi connectivity index (χ1) is 11.6. The summed E-state index contributed by atoms with van der Waals surface area (Å²) in [5.74, 6) is 0.776. The third-order valence-corrected chi connectivity index (χ3v) is 5.32. The second kappa shape index (κ2) is 7.23. The van der Waals surface area contributed by atoms with E-state index in [4.69, 9.17) is 21.1 Å². The molecular formula is C17H17ClN2O3S. The summed E-state index contributed by atoms with van der Waals surface area (Å²) >= 11 is 7.69. The minimum atomic E-state index is -0.197. The predicted molar refractivity (Wildman–Crippen MR) is 96.0 cm³/mol. The van der Waals surface area contributed by atoms with Gasteiger partial charge in [0.1, 0.15) is 0 Å². The Kier molecular flexibility index (Phi) is 5.06. The summed E-state index contributed by atoms with van der Waals surface area (Å²) in [5, 5.41) is 4.42. The number of methoxy groups -OCH3 is 2. The zero-order chi connectivity index (χ0) is 17.1. The number of carbonyl (C=O) groups excluding carboxylic acids is 1. The van der Waals surface area contributed by atoms with Gasteiger partial charge in [0, 0.05) is 4.88 Å². The normalized spacial score (nSPS) is 13.1. The average Bonchev–Trinajstić information content (AvgIpc) is 3.15. The van der Waals surface area contributed by atoms with Crippen molar-refractivity contribution in [2.75, 3.05) is 14.2 Å². The highest BCUT2D eigenvalue weighted by molar-refractivity contribution is 7.14. The smallest absolute Gasteiger partial charge is 0.281 e. The molecule has 1 heterocycles. The lowest BCUT2D eigenvalue weighted by Crippen LogP contribution is -2.16. The van der Waals surface area contributed by atoms with Gasteiger partial charge in [-0.05, 0) is 48.6 Å². The number of hydrazone groups is 1. The number of thiophene rings is 1. The number of benzene rings is 1. The summed E-state index contributed by atoms with van der Waals surface area (Å²) in [6, 6.07) is 5.39. The third-order valence-electron chi connectivity index (χ3n) is 3.81. The van der Waals surface area contributed by atoms with Gasteiger partial charge in [-0.1, -0.05) is 11.6 Å². The number of aryl methyl sites for hydroxylation is 2.